The van der Waals surface area contributed by atoms with E-state index < -0.39 is 0 Å². The van der Waals surface area contributed by atoms with E-state index >= 15 is 0 Å². The summed E-state index contributed by atoms with van der Waals surface area (Å²) in [5.41, 5.74) is 2.76. The fourth-order valence-electron chi connectivity index (χ4n) is 2.90. The highest BCUT2D eigenvalue weighted by atomic mass is 79.9. The van der Waals surface area contributed by atoms with Gasteiger partial charge < -0.3 is 10.2 Å². The zero-order valence-electron chi connectivity index (χ0n) is 10.8. The average Bonchev–Trinajstić information content (AvgIpc) is 2.31. The number of nitrogens with zero attached hydrogens (tertiary/aromatic N) is 2. The standard InChI is InChI=1S/C14H20BrN3/c1-11-8-12(15)2-3-14(11)18-9-13(10-18)17-6-4-16-5-7-17/h2-3,8,13,16H,4-7,9-10H2,1H3. The van der Waals surface area contributed by atoms with Crippen LogP contribution in [0.5, 0.6) is 0 Å². The van der Waals surface area contributed by atoms with Crippen molar-refractivity contribution < 1.29 is 0 Å². The number of benzene rings is 1. The minimum absolute atomic E-state index is 0.759. The van der Waals surface area contributed by atoms with Crippen molar-refractivity contribution in [2.75, 3.05) is 44.2 Å². The minimum Gasteiger partial charge on any atom is -0.368 e. The topological polar surface area (TPSA) is 18.5 Å². The highest BCUT2D eigenvalue weighted by molar-refractivity contribution is 9.10. The highest BCUT2D eigenvalue weighted by Gasteiger charge is 2.32. The van der Waals surface area contributed by atoms with Crippen molar-refractivity contribution >= 4 is 21.6 Å². The number of hydrogen-bond donors (Lipinski definition) is 1. The van der Waals surface area contributed by atoms with Crippen LogP contribution in [0.4, 0.5) is 5.69 Å². The second kappa shape index (κ2) is 5.19. The third-order valence-corrected chi connectivity index (χ3v) is 4.52. The average molecular weight is 310 g/mol. The summed E-state index contributed by atoms with van der Waals surface area (Å²) >= 11 is 3.53. The molecule has 0 aromatic heterocycles. The van der Waals surface area contributed by atoms with Crippen LogP contribution in [0.1, 0.15) is 5.56 Å². The zero-order chi connectivity index (χ0) is 12.5. The number of aryl methyl sites for hydroxylation is 1. The van der Waals surface area contributed by atoms with E-state index in [0.717, 1.165) is 19.1 Å². The first-order valence-electron chi connectivity index (χ1n) is 6.70. The SMILES string of the molecule is Cc1cc(Br)ccc1N1CC(N2CCNCC2)C1. The van der Waals surface area contributed by atoms with Gasteiger partial charge >= 0.3 is 0 Å². The number of piperazine rings is 1. The van der Waals surface area contributed by atoms with Crippen molar-refractivity contribution in [3.63, 3.8) is 0 Å². The van der Waals surface area contributed by atoms with Crippen LogP contribution in [0.25, 0.3) is 0 Å². The first-order chi connectivity index (χ1) is 8.74. The molecule has 2 fully saturated rings. The number of nitrogens with one attached hydrogen (secondary N) is 1. The van der Waals surface area contributed by atoms with Gasteiger partial charge in [0, 0.05) is 55.5 Å². The number of anilines is 1. The van der Waals surface area contributed by atoms with Gasteiger partial charge in [-0.1, -0.05) is 15.9 Å². The summed E-state index contributed by atoms with van der Waals surface area (Å²) in [6.45, 7) is 9.26. The largest absolute Gasteiger partial charge is 0.368 e. The fourth-order valence-corrected chi connectivity index (χ4v) is 3.38. The molecule has 2 aliphatic heterocycles. The van der Waals surface area contributed by atoms with E-state index in [4.69, 9.17) is 0 Å². The molecule has 3 rings (SSSR count). The molecule has 0 bridgehead atoms. The Morgan fingerprint density at radius 2 is 1.94 bits per heavy atom. The van der Waals surface area contributed by atoms with Crippen LogP contribution < -0.4 is 10.2 Å². The van der Waals surface area contributed by atoms with Crippen molar-refractivity contribution in [2.45, 2.75) is 13.0 Å². The fraction of sp³-hybridized carbons (Fsp3) is 0.571. The molecule has 4 heteroatoms. The maximum Gasteiger partial charge on any atom is 0.0447 e. The van der Waals surface area contributed by atoms with Crippen molar-refractivity contribution in [1.29, 1.82) is 0 Å². The Bertz CT molecular complexity index is 423. The van der Waals surface area contributed by atoms with E-state index in [0.29, 0.717) is 0 Å². The Balaban J connectivity index is 1.61. The van der Waals surface area contributed by atoms with Gasteiger partial charge in [-0.2, -0.15) is 0 Å². The molecule has 18 heavy (non-hydrogen) atoms. The van der Waals surface area contributed by atoms with Crippen LogP contribution in [0.15, 0.2) is 22.7 Å². The maximum absolute atomic E-state index is 3.53. The minimum atomic E-state index is 0.759. The smallest absolute Gasteiger partial charge is 0.0447 e. The van der Waals surface area contributed by atoms with Gasteiger partial charge in [-0.25, -0.2) is 0 Å². The summed E-state index contributed by atoms with van der Waals surface area (Å²) in [5.74, 6) is 0. The molecule has 0 saturated carbocycles. The van der Waals surface area contributed by atoms with Crippen molar-refractivity contribution in [3.05, 3.63) is 28.2 Å². The summed E-state index contributed by atoms with van der Waals surface area (Å²) in [7, 11) is 0. The van der Waals surface area contributed by atoms with Gasteiger partial charge in [-0.15, -0.1) is 0 Å². The number of rotatable bonds is 2. The second-order valence-electron chi connectivity index (χ2n) is 5.28. The Kier molecular flexibility index (Phi) is 3.59. The lowest BCUT2D eigenvalue weighted by molar-refractivity contribution is 0.147. The molecule has 1 aromatic carbocycles. The lowest BCUT2D eigenvalue weighted by Crippen LogP contribution is -2.63. The van der Waals surface area contributed by atoms with E-state index in [9.17, 15) is 0 Å². The molecule has 0 atom stereocenters. The van der Waals surface area contributed by atoms with Crippen LogP contribution >= 0.6 is 15.9 Å². The molecule has 2 heterocycles. The van der Waals surface area contributed by atoms with E-state index in [2.05, 4.69) is 56.2 Å². The number of halogens is 1. The number of hydrogen-bond acceptors (Lipinski definition) is 3. The van der Waals surface area contributed by atoms with Crippen LogP contribution in [0.3, 0.4) is 0 Å². The van der Waals surface area contributed by atoms with Crippen LogP contribution in [0, 0.1) is 6.92 Å². The molecular formula is C14H20BrN3. The summed E-state index contributed by atoms with van der Waals surface area (Å²) < 4.78 is 1.17. The van der Waals surface area contributed by atoms with Crippen LogP contribution in [-0.2, 0) is 0 Å². The lowest BCUT2D eigenvalue weighted by atomic mass is 10.0. The van der Waals surface area contributed by atoms with Crippen molar-refractivity contribution in [2.24, 2.45) is 0 Å². The van der Waals surface area contributed by atoms with Gasteiger partial charge in [0.25, 0.3) is 0 Å². The van der Waals surface area contributed by atoms with Gasteiger partial charge in [-0.3, -0.25) is 4.90 Å². The predicted molar refractivity (Wildman–Crippen MR) is 79.3 cm³/mol. The molecule has 0 radical (unpaired) electrons. The molecule has 0 amide bonds. The molecule has 3 nitrogen and oxygen atoms in total. The maximum atomic E-state index is 3.53. The van der Waals surface area contributed by atoms with E-state index in [1.165, 1.54) is 41.9 Å². The molecule has 1 aromatic rings. The Morgan fingerprint density at radius 1 is 1.22 bits per heavy atom. The second-order valence-corrected chi connectivity index (χ2v) is 6.19. The third kappa shape index (κ3) is 2.42. The summed E-state index contributed by atoms with van der Waals surface area (Å²) in [6.07, 6.45) is 0. The molecule has 0 unspecified atom stereocenters. The summed E-state index contributed by atoms with van der Waals surface area (Å²) in [5, 5.41) is 3.42. The summed E-state index contributed by atoms with van der Waals surface area (Å²) in [4.78, 5) is 5.12. The van der Waals surface area contributed by atoms with Gasteiger partial charge in [0.1, 0.15) is 0 Å². The Hall–Kier alpha value is -0.580. The van der Waals surface area contributed by atoms with E-state index in [-0.39, 0.29) is 0 Å². The van der Waals surface area contributed by atoms with Gasteiger partial charge in [0.05, 0.1) is 0 Å². The first-order valence-corrected chi connectivity index (χ1v) is 7.49. The molecule has 98 valence electrons. The summed E-state index contributed by atoms with van der Waals surface area (Å²) in [6, 6.07) is 7.33. The molecule has 0 aliphatic carbocycles. The quantitative estimate of drug-likeness (QED) is 0.899. The van der Waals surface area contributed by atoms with Crippen molar-refractivity contribution in [3.8, 4) is 0 Å². The van der Waals surface area contributed by atoms with Crippen LogP contribution in [0.2, 0.25) is 0 Å². The molecule has 1 N–H and O–H groups in total. The normalized spacial score (nSPS) is 22.0. The lowest BCUT2D eigenvalue weighted by Gasteiger charge is -2.48. The third-order valence-electron chi connectivity index (χ3n) is 4.03. The zero-order valence-corrected chi connectivity index (χ0v) is 12.4. The van der Waals surface area contributed by atoms with Gasteiger partial charge in [0.15, 0.2) is 0 Å². The predicted octanol–water partition coefficient (Wildman–Crippen LogP) is 1.85. The Labute approximate surface area is 117 Å². The van der Waals surface area contributed by atoms with Gasteiger partial charge in [0.2, 0.25) is 0 Å². The first kappa shape index (κ1) is 12.5. The molecule has 2 aliphatic rings. The van der Waals surface area contributed by atoms with E-state index in [1.807, 2.05) is 0 Å². The van der Waals surface area contributed by atoms with E-state index in [1.54, 1.807) is 0 Å². The Morgan fingerprint density at radius 3 is 2.61 bits per heavy atom. The monoisotopic (exact) mass is 309 g/mol. The van der Waals surface area contributed by atoms with Crippen LogP contribution in [-0.4, -0.2) is 50.2 Å². The molecular weight excluding hydrogens is 290 g/mol. The molecule has 0 spiro atoms. The highest BCUT2D eigenvalue weighted by Crippen LogP contribution is 2.29. The molecule has 2 saturated heterocycles. The van der Waals surface area contributed by atoms with Gasteiger partial charge in [-0.05, 0) is 30.7 Å². The van der Waals surface area contributed by atoms with Crippen molar-refractivity contribution in [1.82, 2.24) is 10.2 Å².